The highest BCUT2D eigenvalue weighted by Crippen LogP contribution is 2.11. The summed E-state index contributed by atoms with van der Waals surface area (Å²) < 4.78 is 0. The molecule has 0 aromatic rings. The van der Waals surface area contributed by atoms with Gasteiger partial charge < -0.3 is 10.4 Å². The smallest absolute Gasteiger partial charge is 0.0558 e. The molecule has 2 N–H and O–H groups in total. The van der Waals surface area contributed by atoms with Crippen molar-refractivity contribution in [3.8, 4) is 0 Å². The van der Waals surface area contributed by atoms with Crippen LogP contribution < -0.4 is 5.32 Å². The van der Waals surface area contributed by atoms with Gasteiger partial charge >= 0.3 is 0 Å². The van der Waals surface area contributed by atoms with E-state index >= 15 is 0 Å². The molecule has 0 amide bonds. The molecule has 0 bridgehead atoms. The molecular formula is C10H22N2O. The summed E-state index contributed by atoms with van der Waals surface area (Å²) in [6.07, 6.45) is 3.66. The van der Waals surface area contributed by atoms with Crippen LogP contribution in [0.25, 0.3) is 0 Å². The standard InChI is InChI=1S/C10H22N2O/c1-2-7-12(8-9-13)10-3-5-11-6-4-10/h10-11,13H,2-9H2,1H3. The Morgan fingerprint density at radius 3 is 2.54 bits per heavy atom. The number of nitrogens with zero attached hydrogens (tertiary/aromatic N) is 1. The van der Waals surface area contributed by atoms with Gasteiger partial charge in [0.1, 0.15) is 0 Å². The SMILES string of the molecule is CCCN(CCO)C1CCNCC1. The number of nitrogens with one attached hydrogen (secondary N) is 1. The zero-order valence-electron chi connectivity index (χ0n) is 8.63. The van der Waals surface area contributed by atoms with E-state index in [1.165, 1.54) is 19.3 Å². The highest BCUT2D eigenvalue weighted by molar-refractivity contribution is 4.77. The summed E-state index contributed by atoms with van der Waals surface area (Å²) in [5.41, 5.74) is 0. The molecule has 1 saturated heterocycles. The van der Waals surface area contributed by atoms with Gasteiger partial charge in [-0.3, -0.25) is 4.90 Å². The maximum Gasteiger partial charge on any atom is 0.0558 e. The van der Waals surface area contributed by atoms with Crippen molar-refractivity contribution < 1.29 is 5.11 Å². The van der Waals surface area contributed by atoms with Crippen LogP contribution in [0.2, 0.25) is 0 Å². The fraction of sp³-hybridized carbons (Fsp3) is 1.00. The van der Waals surface area contributed by atoms with Crippen LogP contribution >= 0.6 is 0 Å². The lowest BCUT2D eigenvalue weighted by atomic mass is 10.0. The summed E-state index contributed by atoms with van der Waals surface area (Å²) >= 11 is 0. The first-order valence-electron chi connectivity index (χ1n) is 5.44. The Morgan fingerprint density at radius 1 is 1.31 bits per heavy atom. The molecule has 0 aromatic heterocycles. The molecule has 0 atom stereocenters. The Balaban J connectivity index is 2.32. The van der Waals surface area contributed by atoms with Crippen molar-refractivity contribution >= 4 is 0 Å². The summed E-state index contributed by atoms with van der Waals surface area (Å²) in [4.78, 5) is 2.43. The van der Waals surface area contributed by atoms with E-state index in [4.69, 9.17) is 5.11 Å². The molecule has 3 nitrogen and oxygen atoms in total. The molecule has 13 heavy (non-hydrogen) atoms. The van der Waals surface area contributed by atoms with Gasteiger partial charge in [0.2, 0.25) is 0 Å². The Kier molecular flexibility index (Phi) is 5.35. The maximum absolute atomic E-state index is 8.94. The van der Waals surface area contributed by atoms with Crippen LogP contribution in [0.3, 0.4) is 0 Å². The first-order chi connectivity index (χ1) is 6.38. The van der Waals surface area contributed by atoms with Gasteiger partial charge in [-0.1, -0.05) is 6.92 Å². The topological polar surface area (TPSA) is 35.5 Å². The van der Waals surface area contributed by atoms with E-state index in [9.17, 15) is 0 Å². The zero-order chi connectivity index (χ0) is 9.52. The highest BCUT2D eigenvalue weighted by Gasteiger charge is 2.19. The number of hydrogen-bond acceptors (Lipinski definition) is 3. The van der Waals surface area contributed by atoms with E-state index in [1.807, 2.05) is 0 Å². The minimum absolute atomic E-state index is 0.296. The van der Waals surface area contributed by atoms with Crippen LogP contribution in [-0.4, -0.2) is 48.8 Å². The average molecular weight is 186 g/mol. The molecule has 1 rings (SSSR count). The summed E-state index contributed by atoms with van der Waals surface area (Å²) in [5, 5.41) is 12.3. The van der Waals surface area contributed by atoms with Gasteiger partial charge in [-0.05, 0) is 38.9 Å². The lowest BCUT2D eigenvalue weighted by Gasteiger charge is -2.34. The minimum Gasteiger partial charge on any atom is -0.395 e. The molecule has 0 aliphatic carbocycles. The van der Waals surface area contributed by atoms with Crippen molar-refractivity contribution in [2.24, 2.45) is 0 Å². The number of rotatable bonds is 5. The number of hydrogen-bond donors (Lipinski definition) is 2. The highest BCUT2D eigenvalue weighted by atomic mass is 16.3. The van der Waals surface area contributed by atoms with Gasteiger partial charge in [0.15, 0.2) is 0 Å². The Morgan fingerprint density at radius 2 is 2.00 bits per heavy atom. The molecule has 0 saturated carbocycles. The second kappa shape index (κ2) is 6.35. The molecule has 78 valence electrons. The van der Waals surface area contributed by atoms with Gasteiger partial charge in [-0.25, -0.2) is 0 Å². The second-order valence-corrected chi connectivity index (χ2v) is 3.74. The van der Waals surface area contributed by atoms with Crippen molar-refractivity contribution in [2.45, 2.75) is 32.2 Å². The minimum atomic E-state index is 0.296. The van der Waals surface area contributed by atoms with E-state index in [-0.39, 0.29) is 0 Å². The Hall–Kier alpha value is -0.120. The predicted molar refractivity (Wildman–Crippen MR) is 54.8 cm³/mol. The van der Waals surface area contributed by atoms with Gasteiger partial charge in [0.25, 0.3) is 0 Å². The largest absolute Gasteiger partial charge is 0.395 e. The molecular weight excluding hydrogens is 164 g/mol. The molecule has 1 aliphatic heterocycles. The van der Waals surface area contributed by atoms with E-state index in [2.05, 4.69) is 17.1 Å². The Labute approximate surface area is 81.1 Å². The van der Waals surface area contributed by atoms with Crippen molar-refractivity contribution in [2.75, 3.05) is 32.8 Å². The lowest BCUT2D eigenvalue weighted by Crippen LogP contribution is -2.44. The average Bonchev–Trinajstić information content (AvgIpc) is 2.19. The van der Waals surface area contributed by atoms with Gasteiger partial charge in [-0.2, -0.15) is 0 Å². The summed E-state index contributed by atoms with van der Waals surface area (Å²) in [6, 6.07) is 0.702. The third-order valence-electron chi connectivity index (χ3n) is 2.72. The molecule has 0 radical (unpaired) electrons. The second-order valence-electron chi connectivity index (χ2n) is 3.74. The summed E-state index contributed by atoms with van der Waals surface area (Å²) in [6.45, 7) is 6.74. The number of aliphatic hydroxyl groups is 1. The predicted octanol–water partition coefficient (Wildman–Crippen LogP) is 0.443. The molecule has 0 unspecified atom stereocenters. The van der Waals surface area contributed by atoms with E-state index < -0.39 is 0 Å². The van der Waals surface area contributed by atoms with Crippen LogP contribution in [0.1, 0.15) is 26.2 Å². The monoisotopic (exact) mass is 186 g/mol. The number of aliphatic hydroxyl groups excluding tert-OH is 1. The molecule has 1 fully saturated rings. The van der Waals surface area contributed by atoms with Crippen LogP contribution in [0.4, 0.5) is 0 Å². The third kappa shape index (κ3) is 3.63. The molecule has 1 heterocycles. The summed E-state index contributed by atoms with van der Waals surface area (Å²) in [5.74, 6) is 0. The quantitative estimate of drug-likeness (QED) is 0.654. The molecule has 0 spiro atoms. The van der Waals surface area contributed by atoms with Crippen molar-refractivity contribution in [3.05, 3.63) is 0 Å². The molecule has 0 aromatic carbocycles. The first-order valence-corrected chi connectivity index (χ1v) is 5.44. The van der Waals surface area contributed by atoms with Crippen molar-refractivity contribution in [1.82, 2.24) is 10.2 Å². The first kappa shape index (κ1) is 11.0. The lowest BCUT2D eigenvalue weighted by molar-refractivity contribution is 0.128. The van der Waals surface area contributed by atoms with E-state index in [1.54, 1.807) is 0 Å². The van der Waals surface area contributed by atoms with Crippen LogP contribution in [-0.2, 0) is 0 Å². The van der Waals surface area contributed by atoms with E-state index in [0.717, 1.165) is 26.2 Å². The normalized spacial score (nSPS) is 19.6. The third-order valence-corrected chi connectivity index (χ3v) is 2.72. The fourth-order valence-electron chi connectivity index (χ4n) is 2.06. The van der Waals surface area contributed by atoms with Crippen molar-refractivity contribution in [3.63, 3.8) is 0 Å². The molecule has 1 aliphatic rings. The van der Waals surface area contributed by atoms with Crippen LogP contribution in [0.5, 0.6) is 0 Å². The van der Waals surface area contributed by atoms with Crippen LogP contribution in [0, 0.1) is 0 Å². The van der Waals surface area contributed by atoms with Gasteiger partial charge in [0, 0.05) is 12.6 Å². The number of piperidine rings is 1. The van der Waals surface area contributed by atoms with Crippen LogP contribution in [0.15, 0.2) is 0 Å². The van der Waals surface area contributed by atoms with Crippen molar-refractivity contribution in [1.29, 1.82) is 0 Å². The molecule has 3 heteroatoms. The zero-order valence-corrected chi connectivity index (χ0v) is 8.63. The fourth-order valence-corrected chi connectivity index (χ4v) is 2.06. The summed E-state index contributed by atoms with van der Waals surface area (Å²) in [7, 11) is 0. The van der Waals surface area contributed by atoms with Gasteiger partial charge in [0.05, 0.1) is 6.61 Å². The Bertz CT molecular complexity index is 118. The van der Waals surface area contributed by atoms with Gasteiger partial charge in [-0.15, -0.1) is 0 Å². The maximum atomic E-state index is 8.94. The van der Waals surface area contributed by atoms with E-state index in [0.29, 0.717) is 12.6 Å².